The first-order valence-electron chi connectivity index (χ1n) is 11.3. The molecule has 1 saturated heterocycles. The van der Waals surface area contributed by atoms with Gasteiger partial charge >= 0.3 is 0 Å². The van der Waals surface area contributed by atoms with Crippen LogP contribution in [0, 0.1) is 12.8 Å². The minimum atomic E-state index is 0.0201. The number of carbonyl (C=O) groups is 1. The number of rotatable bonds is 6. The van der Waals surface area contributed by atoms with Gasteiger partial charge in [-0.3, -0.25) is 4.79 Å². The molecule has 0 radical (unpaired) electrons. The molecular weight excluding hydrogens is 400 g/mol. The molecule has 1 N–H and O–H groups in total. The molecule has 0 spiro atoms. The molecule has 1 aliphatic heterocycles. The lowest BCUT2D eigenvalue weighted by atomic mass is 10.0. The first-order valence-corrected chi connectivity index (χ1v) is 11.3. The molecule has 32 heavy (non-hydrogen) atoms. The van der Waals surface area contributed by atoms with Crippen LogP contribution in [0.25, 0.3) is 11.1 Å². The average Bonchev–Trinajstić information content (AvgIpc) is 3.63. The zero-order chi connectivity index (χ0) is 21.9. The highest BCUT2D eigenvalue weighted by atomic mass is 16.5. The number of hydrogen-bond acceptors (Lipinski definition) is 4. The molecule has 1 amide bonds. The first-order chi connectivity index (χ1) is 15.7. The maximum absolute atomic E-state index is 12.7. The van der Waals surface area contributed by atoms with Crippen molar-refractivity contribution in [2.45, 2.75) is 38.2 Å². The number of aryl methyl sites for hydroxylation is 1. The van der Waals surface area contributed by atoms with Gasteiger partial charge in [0, 0.05) is 25.0 Å². The van der Waals surface area contributed by atoms with Crippen LogP contribution in [0.4, 0.5) is 5.82 Å². The fourth-order valence-corrected chi connectivity index (χ4v) is 4.39. The van der Waals surface area contributed by atoms with E-state index in [1.807, 2.05) is 36.4 Å². The number of anilines is 1. The molecule has 164 valence electrons. The van der Waals surface area contributed by atoms with E-state index in [9.17, 15) is 4.79 Å². The number of aromatic nitrogens is 1. The molecule has 2 atom stereocenters. The third kappa shape index (κ3) is 4.68. The third-order valence-electron chi connectivity index (χ3n) is 6.34. The van der Waals surface area contributed by atoms with Gasteiger partial charge in [0.05, 0.1) is 13.2 Å². The minimum absolute atomic E-state index is 0.0201. The van der Waals surface area contributed by atoms with Crippen LogP contribution in [-0.2, 0) is 9.53 Å². The number of pyridine rings is 1. The molecule has 2 aromatic carbocycles. The Morgan fingerprint density at radius 2 is 1.81 bits per heavy atom. The predicted octanol–water partition coefficient (Wildman–Crippen LogP) is 5.36. The normalized spacial score (nSPS) is 20.5. The van der Waals surface area contributed by atoms with Gasteiger partial charge in [-0.05, 0) is 65.8 Å². The largest absolute Gasteiger partial charge is 0.490 e. The predicted molar refractivity (Wildman–Crippen MR) is 125 cm³/mol. The van der Waals surface area contributed by atoms with Crippen LogP contribution in [0.5, 0.6) is 5.75 Å². The summed E-state index contributed by atoms with van der Waals surface area (Å²) in [6.07, 6.45) is 4.72. The van der Waals surface area contributed by atoms with Gasteiger partial charge in [0.15, 0.2) is 0 Å². The molecule has 5 rings (SSSR count). The third-order valence-corrected chi connectivity index (χ3v) is 6.34. The minimum Gasteiger partial charge on any atom is -0.490 e. The quantitative estimate of drug-likeness (QED) is 0.574. The number of carbonyl (C=O) groups excluding carboxylic acids is 1. The zero-order valence-corrected chi connectivity index (χ0v) is 18.3. The van der Waals surface area contributed by atoms with Crippen LogP contribution < -0.4 is 10.1 Å². The maximum Gasteiger partial charge on any atom is 0.229 e. The molecule has 2 aliphatic rings. The Labute approximate surface area is 188 Å². The van der Waals surface area contributed by atoms with Crippen molar-refractivity contribution < 1.29 is 14.3 Å². The molecule has 5 heteroatoms. The number of ether oxygens (including phenoxy) is 2. The van der Waals surface area contributed by atoms with Crippen molar-refractivity contribution in [1.82, 2.24) is 4.98 Å². The summed E-state index contributed by atoms with van der Waals surface area (Å²) in [5.74, 6) is 1.88. The summed E-state index contributed by atoms with van der Waals surface area (Å²) in [5, 5.41) is 3.01. The fraction of sp³-hybridized carbons (Fsp3) is 0.333. The Kier molecular flexibility index (Phi) is 5.91. The van der Waals surface area contributed by atoms with Gasteiger partial charge in [-0.25, -0.2) is 4.98 Å². The highest BCUT2D eigenvalue weighted by molar-refractivity contribution is 5.95. The maximum atomic E-state index is 12.7. The summed E-state index contributed by atoms with van der Waals surface area (Å²) in [6.45, 7) is 3.60. The van der Waals surface area contributed by atoms with Gasteiger partial charge in [0.2, 0.25) is 5.91 Å². The highest BCUT2D eigenvalue weighted by Crippen LogP contribution is 2.47. The lowest BCUT2D eigenvalue weighted by Crippen LogP contribution is -2.26. The fourth-order valence-electron chi connectivity index (χ4n) is 4.39. The second kappa shape index (κ2) is 9.13. The van der Waals surface area contributed by atoms with Crippen molar-refractivity contribution in [2.24, 2.45) is 5.92 Å². The van der Waals surface area contributed by atoms with Crippen LogP contribution in [0.15, 0.2) is 66.9 Å². The highest BCUT2D eigenvalue weighted by Gasteiger charge is 2.43. The van der Waals surface area contributed by atoms with Gasteiger partial charge in [0.1, 0.15) is 17.7 Å². The molecule has 1 saturated carbocycles. The van der Waals surface area contributed by atoms with Gasteiger partial charge in [-0.15, -0.1) is 0 Å². The SMILES string of the molecule is Cc1cc(-c2ccnc(NC(=O)[C@@H]3C[C@H]3c3ccccc3)c2)ccc1OC1CCOCC1. The summed E-state index contributed by atoms with van der Waals surface area (Å²) in [4.78, 5) is 17.1. The topological polar surface area (TPSA) is 60.5 Å². The van der Waals surface area contributed by atoms with E-state index in [1.165, 1.54) is 5.56 Å². The standard InChI is InChI=1S/C27H28N2O3/c1-18-15-20(7-8-25(18)32-22-10-13-31-14-11-22)21-9-12-28-26(16-21)29-27(30)24-17-23(24)19-5-3-2-4-6-19/h2-9,12,15-16,22-24H,10-11,13-14,17H2,1H3,(H,28,29,30)/t23-,24+/m0/s1. The van der Waals surface area contributed by atoms with Crippen LogP contribution >= 0.6 is 0 Å². The van der Waals surface area contributed by atoms with E-state index in [-0.39, 0.29) is 17.9 Å². The summed E-state index contributed by atoms with van der Waals surface area (Å²) >= 11 is 0. The van der Waals surface area contributed by atoms with Crippen molar-refractivity contribution in [3.05, 3.63) is 78.0 Å². The number of nitrogens with one attached hydrogen (secondary N) is 1. The molecule has 2 fully saturated rings. The second-order valence-corrected chi connectivity index (χ2v) is 8.69. The van der Waals surface area contributed by atoms with E-state index in [1.54, 1.807) is 6.20 Å². The Morgan fingerprint density at radius 1 is 1.03 bits per heavy atom. The molecule has 1 aromatic heterocycles. The number of benzene rings is 2. The Hall–Kier alpha value is -3.18. The van der Waals surface area contributed by atoms with E-state index in [4.69, 9.17) is 9.47 Å². The van der Waals surface area contributed by atoms with Gasteiger partial charge in [0.25, 0.3) is 0 Å². The molecular formula is C27H28N2O3. The van der Waals surface area contributed by atoms with E-state index < -0.39 is 0 Å². The van der Waals surface area contributed by atoms with Crippen LogP contribution in [0.1, 0.15) is 36.3 Å². The van der Waals surface area contributed by atoms with Crippen LogP contribution in [-0.4, -0.2) is 30.2 Å². The van der Waals surface area contributed by atoms with Gasteiger partial charge in [-0.2, -0.15) is 0 Å². The molecule has 0 unspecified atom stereocenters. The zero-order valence-electron chi connectivity index (χ0n) is 18.3. The molecule has 1 aliphatic carbocycles. The van der Waals surface area contributed by atoms with Crippen LogP contribution in [0.2, 0.25) is 0 Å². The summed E-state index contributed by atoms with van der Waals surface area (Å²) < 4.78 is 11.6. The molecule has 3 aromatic rings. The monoisotopic (exact) mass is 428 g/mol. The number of hydrogen-bond donors (Lipinski definition) is 1. The Morgan fingerprint density at radius 3 is 2.59 bits per heavy atom. The van der Waals surface area contributed by atoms with Crippen molar-refractivity contribution in [1.29, 1.82) is 0 Å². The lowest BCUT2D eigenvalue weighted by Gasteiger charge is -2.24. The first kappa shape index (κ1) is 20.7. The van der Waals surface area contributed by atoms with E-state index >= 15 is 0 Å². The summed E-state index contributed by atoms with van der Waals surface area (Å²) in [7, 11) is 0. The van der Waals surface area contributed by atoms with Crippen molar-refractivity contribution in [3.63, 3.8) is 0 Å². The van der Waals surface area contributed by atoms with Crippen LogP contribution in [0.3, 0.4) is 0 Å². The van der Waals surface area contributed by atoms with Crippen molar-refractivity contribution in [2.75, 3.05) is 18.5 Å². The molecule has 2 heterocycles. The van der Waals surface area contributed by atoms with E-state index in [2.05, 4.69) is 41.5 Å². The Bertz CT molecular complexity index is 1090. The summed E-state index contributed by atoms with van der Waals surface area (Å²) in [6, 6.07) is 20.4. The van der Waals surface area contributed by atoms with Crippen molar-refractivity contribution >= 4 is 11.7 Å². The smallest absolute Gasteiger partial charge is 0.229 e. The number of nitrogens with zero attached hydrogens (tertiary/aromatic N) is 1. The average molecular weight is 429 g/mol. The molecule has 5 nitrogen and oxygen atoms in total. The number of amides is 1. The Balaban J connectivity index is 1.25. The van der Waals surface area contributed by atoms with Gasteiger partial charge < -0.3 is 14.8 Å². The lowest BCUT2D eigenvalue weighted by molar-refractivity contribution is -0.117. The van der Waals surface area contributed by atoms with E-state index in [0.717, 1.165) is 54.9 Å². The van der Waals surface area contributed by atoms with Crippen molar-refractivity contribution in [3.8, 4) is 16.9 Å². The summed E-state index contributed by atoms with van der Waals surface area (Å²) in [5.41, 5.74) is 4.42. The second-order valence-electron chi connectivity index (χ2n) is 8.69. The molecule has 0 bridgehead atoms. The van der Waals surface area contributed by atoms with E-state index in [0.29, 0.717) is 11.7 Å². The van der Waals surface area contributed by atoms with Gasteiger partial charge in [-0.1, -0.05) is 36.4 Å².